The standard InChI is InChI=1S/C12H11BrClNS/c13-9-3-1-8(2-4-9)7-10(15)11-5-6-12(14)16-11/h1-6,10H,7,15H2. The summed E-state index contributed by atoms with van der Waals surface area (Å²) in [6.07, 6.45) is 0.837. The molecule has 1 aromatic heterocycles. The van der Waals surface area contributed by atoms with Crippen molar-refractivity contribution in [1.82, 2.24) is 0 Å². The van der Waals surface area contributed by atoms with E-state index in [2.05, 4.69) is 28.1 Å². The lowest BCUT2D eigenvalue weighted by Crippen LogP contribution is -2.11. The van der Waals surface area contributed by atoms with Crippen LogP contribution in [-0.4, -0.2) is 0 Å². The van der Waals surface area contributed by atoms with Gasteiger partial charge in [-0.3, -0.25) is 0 Å². The number of thiophene rings is 1. The first-order valence-corrected chi connectivity index (χ1v) is 6.89. The monoisotopic (exact) mass is 315 g/mol. The first-order chi connectivity index (χ1) is 7.65. The molecule has 1 nitrogen and oxygen atoms in total. The van der Waals surface area contributed by atoms with Gasteiger partial charge in [0.15, 0.2) is 0 Å². The quantitative estimate of drug-likeness (QED) is 0.892. The highest BCUT2D eigenvalue weighted by molar-refractivity contribution is 9.10. The SMILES string of the molecule is NC(Cc1ccc(Br)cc1)c1ccc(Cl)s1. The molecule has 0 spiro atoms. The van der Waals surface area contributed by atoms with Crippen molar-refractivity contribution >= 4 is 38.9 Å². The first kappa shape index (κ1) is 12.1. The van der Waals surface area contributed by atoms with Crippen molar-refractivity contribution in [3.63, 3.8) is 0 Å². The minimum Gasteiger partial charge on any atom is -0.323 e. The van der Waals surface area contributed by atoms with Gasteiger partial charge in [0, 0.05) is 15.4 Å². The van der Waals surface area contributed by atoms with Crippen LogP contribution in [0.15, 0.2) is 40.9 Å². The van der Waals surface area contributed by atoms with Crippen LogP contribution < -0.4 is 5.73 Å². The van der Waals surface area contributed by atoms with Gasteiger partial charge in [-0.15, -0.1) is 11.3 Å². The topological polar surface area (TPSA) is 26.0 Å². The van der Waals surface area contributed by atoms with Gasteiger partial charge < -0.3 is 5.73 Å². The second kappa shape index (κ2) is 5.32. The van der Waals surface area contributed by atoms with E-state index in [9.17, 15) is 0 Å². The van der Waals surface area contributed by atoms with Gasteiger partial charge in [-0.25, -0.2) is 0 Å². The summed E-state index contributed by atoms with van der Waals surface area (Å²) in [6.45, 7) is 0. The minimum absolute atomic E-state index is 0.0266. The van der Waals surface area contributed by atoms with Gasteiger partial charge in [-0.2, -0.15) is 0 Å². The Morgan fingerprint density at radius 1 is 1.19 bits per heavy atom. The molecule has 2 N–H and O–H groups in total. The molecule has 0 saturated carbocycles. The van der Waals surface area contributed by atoms with Crippen LogP contribution in [0.1, 0.15) is 16.5 Å². The average Bonchev–Trinajstić information content (AvgIpc) is 2.68. The Hall–Kier alpha value is -0.350. The zero-order valence-corrected chi connectivity index (χ0v) is 11.6. The van der Waals surface area contributed by atoms with Crippen LogP contribution in [0, 0.1) is 0 Å². The maximum absolute atomic E-state index is 6.12. The van der Waals surface area contributed by atoms with E-state index in [0.29, 0.717) is 0 Å². The minimum atomic E-state index is 0.0266. The molecule has 1 unspecified atom stereocenters. The van der Waals surface area contributed by atoms with Gasteiger partial charge in [0.05, 0.1) is 4.34 Å². The highest BCUT2D eigenvalue weighted by Crippen LogP contribution is 2.27. The van der Waals surface area contributed by atoms with Crippen LogP contribution in [0.25, 0.3) is 0 Å². The normalized spacial score (nSPS) is 12.7. The molecule has 4 heteroatoms. The molecule has 1 atom stereocenters. The predicted octanol–water partition coefficient (Wildman–Crippen LogP) is 4.41. The van der Waals surface area contributed by atoms with Crippen molar-refractivity contribution in [2.45, 2.75) is 12.5 Å². The molecule has 0 radical (unpaired) electrons. The second-order valence-corrected chi connectivity index (χ2v) is 6.24. The van der Waals surface area contributed by atoms with Crippen LogP contribution >= 0.6 is 38.9 Å². The second-order valence-electron chi connectivity index (χ2n) is 3.58. The molecule has 1 heterocycles. The van der Waals surface area contributed by atoms with Crippen molar-refractivity contribution in [2.75, 3.05) is 0 Å². The van der Waals surface area contributed by atoms with Crippen LogP contribution in [0.5, 0.6) is 0 Å². The van der Waals surface area contributed by atoms with Crippen LogP contribution in [-0.2, 0) is 6.42 Å². The van der Waals surface area contributed by atoms with Gasteiger partial charge in [-0.1, -0.05) is 39.7 Å². The number of hydrogen-bond donors (Lipinski definition) is 1. The molecule has 0 aliphatic carbocycles. The van der Waals surface area contributed by atoms with Crippen molar-refractivity contribution in [3.05, 3.63) is 55.6 Å². The summed E-state index contributed by atoms with van der Waals surface area (Å²) in [4.78, 5) is 1.13. The fourth-order valence-electron chi connectivity index (χ4n) is 1.50. The zero-order valence-electron chi connectivity index (χ0n) is 8.49. The molecule has 84 valence electrons. The molecular weight excluding hydrogens is 306 g/mol. The molecule has 2 rings (SSSR count). The Morgan fingerprint density at radius 3 is 2.44 bits per heavy atom. The van der Waals surface area contributed by atoms with Crippen molar-refractivity contribution < 1.29 is 0 Å². The number of rotatable bonds is 3. The number of nitrogens with two attached hydrogens (primary N) is 1. The lowest BCUT2D eigenvalue weighted by atomic mass is 10.1. The third kappa shape index (κ3) is 3.08. The maximum Gasteiger partial charge on any atom is 0.0931 e. The van der Waals surface area contributed by atoms with E-state index in [0.717, 1.165) is 20.1 Å². The largest absolute Gasteiger partial charge is 0.323 e. The number of benzene rings is 1. The van der Waals surface area contributed by atoms with Crippen LogP contribution in [0.4, 0.5) is 0 Å². The molecule has 0 bridgehead atoms. The fraction of sp³-hybridized carbons (Fsp3) is 0.167. The lowest BCUT2D eigenvalue weighted by molar-refractivity contribution is 0.736. The highest BCUT2D eigenvalue weighted by Gasteiger charge is 2.09. The van der Waals surface area contributed by atoms with Crippen LogP contribution in [0.2, 0.25) is 4.34 Å². The van der Waals surface area contributed by atoms with E-state index in [1.54, 1.807) is 11.3 Å². The summed E-state index contributed by atoms with van der Waals surface area (Å²) in [5, 5.41) is 0. The summed E-state index contributed by atoms with van der Waals surface area (Å²) in [6, 6.07) is 12.1. The molecule has 0 amide bonds. The molecule has 0 aliphatic rings. The van der Waals surface area contributed by atoms with Gasteiger partial charge in [-0.05, 0) is 36.2 Å². The lowest BCUT2D eigenvalue weighted by Gasteiger charge is -2.09. The number of halogens is 2. The third-order valence-electron chi connectivity index (χ3n) is 2.33. The summed E-state index contributed by atoms with van der Waals surface area (Å²) in [5.74, 6) is 0. The predicted molar refractivity (Wildman–Crippen MR) is 74.1 cm³/mol. The van der Waals surface area contributed by atoms with Crippen LogP contribution in [0.3, 0.4) is 0 Å². The van der Waals surface area contributed by atoms with Gasteiger partial charge in [0.2, 0.25) is 0 Å². The van der Waals surface area contributed by atoms with E-state index >= 15 is 0 Å². The Balaban J connectivity index is 2.07. The van der Waals surface area contributed by atoms with E-state index in [1.807, 2.05) is 24.3 Å². The molecule has 2 aromatic rings. The average molecular weight is 317 g/mol. The Labute approximate surface area is 112 Å². The Morgan fingerprint density at radius 2 is 1.88 bits per heavy atom. The highest BCUT2D eigenvalue weighted by atomic mass is 79.9. The molecule has 0 saturated heterocycles. The Kier molecular flexibility index (Phi) is 4.03. The molecule has 16 heavy (non-hydrogen) atoms. The van der Waals surface area contributed by atoms with E-state index in [-0.39, 0.29) is 6.04 Å². The van der Waals surface area contributed by atoms with E-state index in [4.69, 9.17) is 17.3 Å². The smallest absolute Gasteiger partial charge is 0.0931 e. The van der Waals surface area contributed by atoms with E-state index < -0.39 is 0 Å². The molecule has 0 aliphatic heterocycles. The van der Waals surface area contributed by atoms with Gasteiger partial charge in [0.1, 0.15) is 0 Å². The first-order valence-electron chi connectivity index (χ1n) is 4.90. The summed E-state index contributed by atoms with van der Waals surface area (Å²) in [7, 11) is 0. The van der Waals surface area contributed by atoms with E-state index in [1.165, 1.54) is 5.56 Å². The molecule has 0 fully saturated rings. The summed E-state index contributed by atoms with van der Waals surface area (Å²) < 4.78 is 1.88. The Bertz CT molecular complexity index is 466. The van der Waals surface area contributed by atoms with Crippen molar-refractivity contribution in [2.24, 2.45) is 5.73 Å². The number of hydrogen-bond acceptors (Lipinski definition) is 2. The van der Waals surface area contributed by atoms with Crippen molar-refractivity contribution in [1.29, 1.82) is 0 Å². The molecule has 1 aromatic carbocycles. The zero-order chi connectivity index (χ0) is 11.5. The summed E-state index contributed by atoms with van der Waals surface area (Å²) >= 11 is 10.8. The molecular formula is C12H11BrClNS. The maximum atomic E-state index is 6.12. The van der Waals surface area contributed by atoms with Gasteiger partial charge in [0.25, 0.3) is 0 Å². The van der Waals surface area contributed by atoms with Gasteiger partial charge >= 0.3 is 0 Å². The summed E-state index contributed by atoms with van der Waals surface area (Å²) in [5.41, 5.74) is 7.35. The third-order valence-corrected chi connectivity index (χ3v) is 4.22. The fourth-order valence-corrected chi connectivity index (χ4v) is 2.83. The van der Waals surface area contributed by atoms with Crippen molar-refractivity contribution in [3.8, 4) is 0 Å².